The summed E-state index contributed by atoms with van der Waals surface area (Å²) in [5, 5.41) is 58.8. The van der Waals surface area contributed by atoms with Crippen molar-refractivity contribution in [3.05, 3.63) is 131 Å². The van der Waals surface area contributed by atoms with E-state index in [1.54, 1.807) is 0 Å². The summed E-state index contributed by atoms with van der Waals surface area (Å²) in [6, 6.07) is 18.4. The molecule has 4 aromatic rings. The monoisotopic (exact) mass is 1020 g/mol. The van der Waals surface area contributed by atoms with Crippen molar-refractivity contribution in [2.75, 3.05) is 34.6 Å². The molecule has 70 heavy (non-hydrogen) atoms. The summed E-state index contributed by atoms with van der Waals surface area (Å²) in [6.45, 7) is -0.0844. The topological polar surface area (TPSA) is 391 Å². The van der Waals surface area contributed by atoms with Gasteiger partial charge in [0.2, 0.25) is 0 Å². The van der Waals surface area contributed by atoms with E-state index in [2.05, 4.69) is 53.2 Å². The summed E-state index contributed by atoms with van der Waals surface area (Å²) >= 11 is 0. The van der Waals surface area contributed by atoms with Crippen molar-refractivity contribution in [3.8, 4) is 0 Å². The number of hydrazone groups is 2. The molecule has 12 N–H and O–H groups in total. The number of carboxylic acids is 4. The predicted octanol–water partition coefficient (Wildman–Crippen LogP) is -3.97. The third-order valence-electron chi connectivity index (χ3n) is 9.02. The molecule has 6 rings (SSSR count). The van der Waals surface area contributed by atoms with Crippen molar-refractivity contribution in [2.24, 2.45) is 10.2 Å². The van der Waals surface area contributed by atoms with E-state index in [0.29, 0.717) is 11.4 Å². The van der Waals surface area contributed by atoms with Crippen molar-refractivity contribution in [1.82, 2.24) is 31.9 Å². The van der Waals surface area contributed by atoms with Gasteiger partial charge in [-0.3, -0.25) is 20.4 Å². The number of rotatable bonds is 20. The maximum atomic E-state index is 12.6. The zero-order valence-corrected chi connectivity index (χ0v) is 42.3. The van der Waals surface area contributed by atoms with Crippen LogP contribution in [0.3, 0.4) is 0 Å². The number of benzene rings is 4. The smallest absolute Gasteiger partial charge is 0.744 e. The first-order chi connectivity index (χ1) is 32.2. The van der Waals surface area contributed by atoms with Crippen molar-refractivity contribution in [3.63, 3.8) is 0 Å². The Balaban J connectivity index is 0.00000533. The third kappa shape index (κ3) is 16.4. The molecule has 0 unspecified atom stereocenters. The average Bonchev–Trinajstić information content (AvgIpc) is 3.25. The molecule has 0 aliphatic carbocycles. The standard InChI is InChI=1S/C40H40N12O14S2.2Na/c53-37(54)15-17-41-33-21-35(43-27-9-5-25(6-10-27)39(57)58)49-51(47-33)45-29-13-3-23(31(19-29)67(61,62)63)1-2-24-4-14-30(20-32(24)68(64,65)66)46-52-48-34(42-18-16-38(55)56)22-36(50-52)44-28-11-7-26(8-12-28)40(59)60;;/h1-14,19-22,43-46,49-50H,15-18H2,(H,41,47)(H,42,48)(H,53,54)(H,55,56)(H,57,58)(H,59,60)(H,61,62,63)(H,64,65,66);;/q;2*+1/p-2/b2-1+;;. The second kappa shape index (κ2) is 24.6. The number of carbonyl (C=O) groups is 4. The Morgan fingerprint density at radius 2 is 0.900 bits per heavy atom. The largest absolute Gasteiger partial charge is 1.00 e. The van der Waals surface area contributed by atoms with Gasteiger partial charge in [-0.05, 0) is 83.9 Å². The van der Waals surface area contributed by atoms with Crippen LogP contribution in [-0.4, -0.2) is 105 Å². The van der Waals surface area contributed by atoms with Gasteiger partial charge in [0, 0.05) is 36.6 Å². The van der Waals surface area contributed by atoms with E-state index in [1.807, 2.05) is 0 Å². The number of aliphatic carboxylic acids is 2. The number of nitrogens with zero attached hydrogens (tertiary/aromatic N) is 4. The molecule has 30 heteroatoms. The molecule has 0 radical (unpaired) electrons. The van der Waals surface area contributed by atoms with Crippen molar-refractivity contribution in [1.29, 1.82) is 0 Å². The van der Waals surface area contributed by atoms with Gasteiger partial charge in [-0.2, -0.15) is 0 Å². The number of hydrogen-bond donors (Lipinski definition) is 12. The first-order valence-corrected chi connectivity index (χ1v) is 22.3. The number of hydrogen-bond acceptors (Lipinski definition) is 22. The Kier molecular flexibility index (Phi) is 19.6. The molecule has 0 fully saturated rings. The number of hydrazine groups is 4. The SMILES string of the molecule is O=C(O)CCNC1=NN(Nc2ccc(/C=C/c3ccc(NN4N=C(NCCC(=O)O)C=C(Nc5ccc(C(=O)O)cc5)N4)cc3S(=O)(=O)[O-])c(S(=O)(=O)[O-])c2)NC(Nc2ccc(C(=O)O)cc2)=C1.[Na+].[Na+]. The summed E-state index contributed by atoms with van der Waals surface area (Å²) in [6.07, 6.45) is 4.59. The molecule has 2 aliphatic heterocycles. The molecule has 0 atom stereocenters. The number of anilines is 4. The molecular weight excluding hydrogens is 983 g/mol. The van der Waals surface area contributed by atoms with Crippen LogP contribution in [0.2, 0.25) is 0 Å². The van der Waals surface area contributed by atoms with Gasteiger partial charge in [0.25, 0.3) is 0 Å². The molecule has 4 aromatic carbocycles. The second-order valence-corrected chi connectivity index (χ2v) is 16.8. The van der Waals surface area contributed by atoms with Gasteiger partial charge in [0.1, 0.15) is 31.9 Å². The molecule has 0 amide bonds. The number of aromatic carboxylic acids is 2. The third-order valence-corrected chi connectivity index (χ3v) is 10.8. The van der Waals surface area contributed by atoms with Gasteiger partial charge in [-0.1, -0.05) is 24.3 Å². The van der Waals surface area contributed by atoms with Crippen molar-refractivity contribution >= 4 is 90.7 Å². The van der Waals surface area contributed by atoms with Gasteiger partial charge in [-0.15, -0.1) is 20.7 Å². The first-order valence-electron chi connectivity index (χ1n) is 19.5. The van der Waals surface area contributed by atoms with Crippen LogP contribution in [0.15, 0.2) is 129 Å². The van der Waals surface area contributed by atoms with Gasteiger partial charge >= 0.3 is 83.0 Å². The van der Waals surface area contributed by atoms with Gasteiger partial charge in [0.05, 0.1) is 45.1 Å². The van der Waals surface area contributed by atoms with E-state index in [1.165, 1.54) is 84.9 Å². The van der Waals surface area contributed by atoms with Crippen LogP contribution >= 0.6 is 0 Å². The maximum absolute atomic E-state index is 12.6. The first kappa shape index (κ1) is 55.7. The van der Waals surface area contributed by atoms with E-state index in [-0.39, 0.29) is 142 Å². The fourth-order valence-electron chi connectivity index (χ4n) is 5.93. The molecule has 0 spiro atoms. The summed E-state index contributed by atoms with van der Waals surface area (Å²) < 4.78 is 75.4. The minimum atomic E-state index is -5.23. The number of nitrogens with one attached hydrogen (secondary N) is 8. The minimum Gasteiger partial charge on any atom is -0.744 e. The molecule has 26 nitrogen and oxygen atoms in total. The fraction of sp³-hybridized carbons (Fsp3) is 0.100. The van der Waals surface area contributed by atoms with E-state index in [0.717, 1.165) is 34.7 Å². The van der Waals surface area contributed by atoms with Crippen LogP contribution in [0.25, 0.3) is 12.2 Å². The predicted molar refractivity (Wildman–Crippen MR) is 241 cm³/mol. The molecule has 0 bridgehead atoms. The van der Waals surface area contributed by atoms with E-state index >= 15 is 0 Å². The van der Waals surface area contributed by atoms with E-state index in [4.69, 9.17) is 10.2 Å². The fourth-order valence-corrected chi connectivity index (χ4v) is 7.33. The molecule has 2 aliphatic rings. The van der Waals surface area contributed by atoms with Crippen LogP contribution in [0, 0.1) is 0 Å². The van der Waals surface area contributed by atoms with Gasteiger partial charge in [0.15, 0.2) is 11.7 Å². The van der Waals surface area contributed by atoms with Crippen molar-refractivity contribution in [2.45, 2.75) is 22.6 Å². The Hall–Kier alpha value is -6.86. The molecule has 0 aromatic heterocycles. The Morgan fingerprint density at radius 3 is 1.21 bits per heavy atom. The van der Waals surface area contributed by atoms with Crippen LogP contribution in [-0.2, 0) is 29.8 Å². The minimum absolute atomic E-state index is 0. The van der Waals surface area contributed by atoms with E-state index < -0.39 is 53.9 Å². The average molecular weight is 1020 g/mol. The Labute approximate surface area is 442 Å². The normalized spacial score (nSPS) is 13.3. The summed E-state index contributed by atoms with van der Waals surface area (Å²) in [5.41, 5.74) is 11.7. The quantitative estimate of drug-likeness (QED) is 0.0228. The van der Waals surface area contributed by atoms with E-state index in [9.17, 15) is 55.3 Å². The molecule has 356 valence electrons. The van der Waals surface area contributed by atoms with Crippen LogP contribution < -0.4 is 102 Å². The Morgan fingerprint density at radius 1 is 0.557 bits per heavy atom. The molecule has 2 heterocycles. The van der Waals surface area contributed by atoms with Gasteiger partial charge in [-0.25, -0.2) is 37.3 Å². The van der Waals surface area contributed by atoms with Crippen molar-refractivity contribution < 1.29 is 125 Å². The van der Waals surface area contributed by atoms with Crippen LogP contribution in [0.5, 0.6) is 0 Å². The number of carboxylic acid groups (broad SMARTS) is 4. The van der Waals surface area contributed by atoms with Gasteiger partial charge < -0.3 is 50.8 Å². The van der Waals surface area contributed by atoms with Crippen LogP contribution in [0.4, 0.5) is 22.7 Å². The number of amidine groups is 2. The zero-order chi connectivity index (χ0) is 49.2. The maximum Gasteiger partial charge on any atom is 1.00 e. The zero-order valence-electron chi connectivity index (χ0n) is 36.7. The molecule has 0 saturated carbocycles. The summed E-state index contributed by atoms with van der Waals surface area (Å²) in [4.78, 5) is 43.3. The summed E-state index contributed by atoms with van der Waals surface area (Å²) in [7, 11) is -10.5. The Bertz CT molecular complexity index is 2810. The molecular formula is C40H38N12Na2O14S2. The molecule has 0 saturated heterocycles. The summed E-state index contributed by atoms with van der Waals surface area (Å²) in [5.74, 6) is -3.75. The second-order valence-electron chi connectivity index (χ2n) is 14.1. The van der Waals surface area contributed by atoms with Crippen LogP contribution in [0.1, 0.15) is 44.7 Å².